The molecule has 0 aliphatic rings. The number of allylic oxidation sites excluding steroid dienone is 1. The normalized spacial score (nSPS) is 11.6. The number of nitrogen functional groups attached to an aromatic ring is 1. The Bertz CT molecular complexity index is 1180. The molecule has 0 saturated heterocycles. The van der Waals surface area contributed by atoms with E-state index in [0.717, 1.165) is 11.1 Å². The number of unbranched alkanes of at least 4 members (excludes halogenated alkanes) is 1. The van der Waals surface area contributed by atoms with Gasteiger partial charge in [0.1, 0.15) is 18.5 Å². The van der Waals surface area contributed by atoms with Crippen molar-refractivity contribution in [3.63, 3.8) is 0 Å². The molecule has 2 amide bonds. The number of amides is 2. The van der Waals surface area contributed by atoms with Crippen LogP contribution < -0.4 is 21.1 Å². The average molecular weight is 504 g/mol. The topological polar surface area (TPSA) is 123 Å². The van der Waals surface area contributed by atoms with Crippen LogP contribution in [0.25, 0.3) is 0 Å². The highest BCUT2D eigenvalue weighted by atomic mass is 16.6. The van der Waals surface area contributed by atoms with Crippen LogP contribution in [0.3, 0.4) is 0 Å². The Morgan fingerprint density at radius 1 is 1.00 bits per heavy atom. The van der Waals surface area contributed by atoms with Gasteiger partial charge in [0.25, 0.3) is 0 Å². The molecular weight excluding hydrogens is 470 g/mol. The van der Waals surface area contributed by atoms with Gasteiger partial charge < -0.3 is 25.6 Å². The highest BCUT2D eigenvalue weighted by Gasteiger charge is 2.17. The van der Waals surface area contributed by atoms with Crippen molar-refractivity contribution in [3.05, 3.63) is 96.1 Å². The maximum absolute atomic E-state index is 12.6. The molecule has 0 fully saturated rings. The summed E-state index contributed by atoms with van der Waals surface area (Å²) in [5.74, 6) is 0.357. The SMILES string of the molecule is Cc1ccc(NC(=O)O[C@@H](CCC/C=C/C(=O)Nc2ccccc2N)c2ccc(OCCO)cc2)cc1. The summed E-state index contributed by atoms with van der Waals surface area (Å²) in [5.41, 5.74) is 9.48. The molecule has 0 heterocycles. The monoisotopic (exact) mass is 503 g/mol. The van der Waals surface area contributed by atoms with Gasteiger partial charge in [-0.1, -0.05) is 48.0 Å². The lowest BCUT2D eigenvalue weighted by Crippen LogP contribution is -2.17. The van der Waals surface area contributed by atoms with E-state index in [0.29, 0.717) is 42.1 Å². The van der Waals surface area contributed by atoms with Crippen LogP contribution in [0, 0.1) is 6.92 Å². The summed E-state index contributed by atoms with van der Waals surface area (Å²) < 4.78 is 11.2. The molecule has 5 N–H and O–H groups in total. The smallest absolute Gasteiger partial charge is 0.412 e. The minimum Gasteiger partial charge on any atom is -0.491 e. The highest BCUT2D eigenvalue weighted by molar-refractivity contribution is 6.01. The number of hydrogen-bond acceptors (Lipinski definition) is 6. The third kappa shape index (κ3) is 9.35. The van der Waals surface area contributed by atoms with Crippen LogP contribution in [0.5, 0.6) is 5.75 Å². The molecule has 1 atom stereocenters. The van der Waals surface area contributed by atoms with Crippen molar-refractivity contribution in [2.75, 3.05) is 29.6 Å². The molecule has 0 saturated carbocycles. The van der Waals surface area contributed by atoms with Crippen molar-refractivity contribution >= 4 is 29.1 Å². The third-order valence-corrected chi connectivity index (χ3v) is 5.48. The molecule has 0 spiro atoms. The van der Waals surface area contributed by atoms with Gasteiger partial charge in [-0.2, -0.15) is 0 Å². The van der Waals surface area contributed by atoms with Gasteiger partial charge in [-0.05, 0) is 74.2 Å². The number of nitrogens with two attached hydrogens (primary N) is 1. The van der Waals surface area contributed by atoms with Gasteiger partial charge in [0.05, 0.1) is 18.0 Å². The first-order valence-electron chi connectivity index (χ1n) is 12.1. The number of nitrogens with one attached hydrogen (secondary N) is 2. The summed E-state index contributed by atoms with van der Waals surface area (Å²) in [4.78, 5) is 24.8. The second-order valence-corrected chi connectivity index (χ2v) is 8.44. The largest absolute Gasteiger partial charge is 0.491 e. The molecule has 0 aromatic heterocycles. The Balaban J connectivity index is 1.57. The molecule has 0 bridgehead atoms. The van der Waals surface area contributed by atoms with E-state index in [1.54, 1.807) is 42.5 Å². The number of ether oxygens (including phenoxy) is 2. The lowest BCUT2D eigenvalue weighted by Gasteiger charge is -2.19. The maximum Gasteiger partial charge on any atom is 0.412 e. The summed E-state index contributed by atoms with van der Waals surface area (Å²) in [5, 5.41) is 14.5. The zero-order valence-corrected chi connectivity index (χ0v) is 20.9. The van der Waals surface area contributed by atoms with Crippen molar-refractivity contribution in [2.45, 2.75) is 32.3 Å². The van der Waals surface area contributed by atoms with Gasteiger partial charge in [0.15, 0.2) is 0 Å². The fourth-order valence-electron chi connectivity index (χ4n) is 3.55. The van der Waals surface area contributed by atoms with E-state index >= 15 is 0 Å². The van der Waals surface area contributed by atoms with E-state index < -0.39 is 12.2 Å². The molecule has 8 nitrogen and oxygen atoms in total. The number of carbonyl (C=O) groups is 2. The molecule has 194 valence electrons. The van der Waals surface area contributed by atoms with Crippen molar-refractivity contribution in [2.24, 2.45) is 0 Å². The standard InChI is InChI=1S/C29H33N3O5/c1-21-11-15-23(16-12-21)31-29(35)37-27(22-13-17-24(18-14-22)36-20-19-33)9-3-2-4-10-28(34)32-26-8-6-5-7-25(26)30/h4-8,10-18,27,33H,2-3,9,19-20,30H2,1H3,(H,31,35)(H,32,34)/b10-4+/t27-/m0/s1. The number of aryl methyl sites for hydroxylation is 1. The minimum absolute atomic E-state index is 0.0725. The number of benzene rings is 3. The molecule has 0 aliphatic heterocycles. The molecule has 0 aliphatic carbocycles. The van der Waals surface area contributed by atoms with E-state index in [1.165, 1.54) is 6.08 Å². The van der Waals surface area contributed by atoms with Crippen molar-refractivity contribution in [1.82, 2.24) is 0 Å². The molecule has 3 aromatic carbocycles. The van der Waals surface area contributed by atoms with E-state index in [1.807, 2.05) is 43.3 Å². The van der Waals surface area contributed by atoms with Gasteiger partial charge >= 0.3 is 6.09 Å². The van der Waals surface area contributed by atoms with Gasteiger partial charge in [-0.15, -0.1) is 0 Å². The van der Waals surface area contributed by atoms with Gasteiger partial charge in [-0.3, -0.25) is 10.1 Å². The van der Waals surface area contributed by atoms with E-state index in [9.17, 15) is 9.59 Å². The number of carbonyl (C=O) groups excluding carboxylic acids is 2. The lowest BCUT2D eigenvalue weighted by molar-refractivity contribution is -0.111. The van der Waals surface area contributed by atoms with Crippen molar-refractivity contribution in [3.8, 4) is 5.75 Å². The van der Waals surface area contributed by atoms with Crippen LogP contribution in [-0.4, -0.2) is 30.3 Å². The third-order valence-electron chi connectivity index (χ3n) is 5.48. The average Bonchev–Trinajstić information content (AvgIpc) is 2.89. The summed E-state index contributed by atoms with van der Waals surface area (Å²) in [6.45, 7) is 2.10. The Kier molecular flexibility index (Phi) is 10.6. The van der Waals surface area contributed by atoms with Gasteiger partial charge in [-0.25, -0.2) is 4.79 Å². The van der Waals surface area contributed by atoms with Crippen LogP contribution in [0.1, 0.15) is 36.5 Å². The number of aliphatic hydroxyl groups is 1. The molecular formula is C29H33N3O5. The number of para-hydroxylation sites is 2. The molecule has 3 rings (SSSR count). The van der Waals surface area contributed by atoms with Gasteiger partial charge in [0.2, 0.25) is 5.91 Å². The number of rotatable bonds is 12. The van der Waals surface area contributed by atoms with E-state index in [4.69, 9.17) is 20.3 Å². The molecule has 3 aromatic rings. The Morgan fingerprint density at radius 3 is 2.43 bits per heavy atom. The van der Waals surface area contributed by atoms with Crippen LogP contribution in [-0.2, 0) is 9.53 Å². The fourth-order valence-corrected chi connectivity index (χ4v) is 3.55. The summed E-state index contributed by atoms with van der Waals surface area (Å²) in [7, 11) is 0. The summed E-state index contributed by atoms with van der Waals surface area (Å²) in [6, 6.07) is 21.7. The van der Waals surface area contributed by atoms with Crippen LogP contribution in [0.2, 0.25) is 0 Å². The van der Waals surface area contributed by atoms with Crippen LogP contribution in [0.4, 0.5) is 21.9 Å². The molecule has 8 heteroatoms. The second kappa shape index (κ2) is 14.3. The lowest BCUT2D eigenvalue weighted by atomic mass is 10.0. The predicted molar refractivity (Wildman–Crippen MR) is 146 cm³/mol. The second-order valence-electron chi connectivity index (χ2n) is 8.44. The van der Waals surface area contributed by atoms with E-state index in [-0.39, 0.29) is 19.1 Å². The van der Waals surface area contributed by atoms with Crippen LogP contribution >= 0.6 is 0 Å². The summed E-state index contributed by atoms with van der Waals surface area (Å²) in [6.07, 6.45) is 4.06. The number of anilines is 3. The number of aliphatic hydroxyl groups excluding tert-OH is 1. The fraction of sp³-hybridized carbons (Fsp3) is 0.241. The zero-order valence-electron chi connectivity index (χ0n) is 20.9. The minimum atomic E-state index is -0.551. The maximum atomic E-state index is 12.6. The Morgan fingerprint density at radius 2 is 1.73 bits per heavy atom. The molecule has 0 radical (unpaired) electrons. The van der Waals surface area contributed by atoms with Crippen molar-refractivity contribution < 1.29 is 24.2 Å². The first-order chi connectivity index (χ1) is 17.9. The Labute approximate surface area is 217 Å². The predicted octanol–water partition coefficient (Wildman–Crippen LogP) is 5.60. The highest BCUT2D eigenvalue weighted by Crippen LogP contribution is 2.27. The zero-order chi connectivity index (χ0) is 26.5. The Hall–Kier alpha value is -4.30. The van der Waals surface area contributed by atoms with E-state index in [2.05, 4.69) is 10.6 Å². The molecule has 37 heavy (non-hydrogen) atoms. The van der Waals surface area contributed by atoms with Crippen molar-refractivity contribution in [1.29, 1.82) is 0 Å². The summed E-state index contributed by atoms with van der Waals surface area (Å²) >= 11 is 0. The number of hydrogen-bond donors (Lipinski definition) is 4. The first-order valence-corrected chi connectivity index (χ1v) is 12.1. The first kappa shape index (κ1) is 27.3. The quantitative estimate of drug-likeness (QED) is 0.145. The molecule has 0 unspecified atom stereocenters. The van der Waals surface area contributed by atoms with Gasteiger partial charge in [0, 0.05) is 5.69 Å². The van der Waals surface area contributed by atoms with Crippen LogP contribution in [0.15, 0.2) is 84.9 Å².